The molecule has 0 fully saturated rings. The average Bonchev–Trinajstić information content (AvgIpc) is 2.15. The van der Waals surface area contributed by atoms with E-state index in [1.807, 2.05) is 20.9 Å². The summed E-state index contributed by atoms with van der Waals surface area (Å²) in [6.07, 6.45) is 0. The average molecular weight is 215 g/mol. The molecule has 0 radical (unpaired) electrons. The second-order valence-corrected chi connectivity index (χ2v) is 4.45. The topological polar surface area (TPSA) is 49.6 Å². The molecule has 0 atom stereocenters. The van der Waals surface area contributed by atoms with Crippen LogP contribution in [0, 0.1) is 0 Å². The van der Waals surface area contributed by atoms with Gasteiger partial charge in [0.1, 0.15) is 0 Å². The van der Waals surface area contributed by atoms with Crippen LogP contribution in [0.15, 0.2) is 0 Å². The molecule has 90 valence electrons. The Morgan fingerprint density at radius 2 is 1.73 bits per heavy atom. The molecule has 0 spiro atoms. The minimum atomic E-state index is 0.159. The van der Waals surface area contributed by atoms with E-state index in [0.717, 1.165) is 6.54 Å². The van der Waals surface area contributed by atoms with Crippen molar-refractivity contribution in [1.82, 2.24) is 9.80 Å². The van der Waals surface area contributed by atoms with E-state index in [0.29, 0.717) is 19.1 Å². The molecule has 4 nitrogen and oxygen atoms in total. The van der Waals surface area contributed by atoms with Crippen LogP contribution in [-0.4, -0.2) is 54.5 Å². The maximum atomic E-state index is 11.8. The molecule has 2 N–H and O–H groups in total. The van der Waals surface area contributed by atoms with Crippen LogP contribution in [-0.2, 0) is 4.79 Å². The van der Waals surface area contributed by atoms with E-state index >= 15 is 0 Å². The Bertz CT molecular complexity index is 192. The number of carbonyl (C=O) groups is 1. The Morgan fingerprint density at radius 3 is 2.07 bits per heavy atom. The van der Waals surface area contributed by atoms with Gasteiger partial charge in [-0.3, -0.25) is 9.69 Å². The lowest BCUT2D eigenvalue weighted by molar-refractivity contribution is -0.133. The van der Waals surface area contributed by atoms with Crippen LogP contribution in [0.5, 0.6) is 0 Å². The van der Waals surface area contributed by atoms with Crippen molar-refractivity contribution in [3.63, 3.8) is 0 Å². The third kappa shape index (κ3) is 5.14. The summed E-state index contributed by atoms with van der Waals surface area (Å²) in [5.74, 6) is 0.159. The molecule has 0 heterocycles. The standard InChI is InChI=1S/C11H25N3O/c1-9(2)13(5)11(15)8-14(7-6-12)10(3)4/h9-10H,6-8,12H2,1-5H3. The maximum Gasteiger partial charge on any atom is 0.236 e. The number of likely N-dealkylation sites (N-methyl/N-ethyl adjacent to an activating group) is 1. The molecule has 0 rings (SSSR count). The van der Waals surface area contributed by atoms with Crippen LogP contribution in [0.1, 0.15) is 27.7 Å². The molecule has 0 saturated carbocycles. The first-order chi connectivity index (χ1) is 6.90. The van der Waals surface area contributed by atoms with Crippen molar-refractivity contribution >= 4 is 5.91 Å². The van der Waals surface area contributed by atoms with Crippen LogP contribution in [0.4, 0.5) is 0 Å². The number of amides is 1. The summed E-state index contributed by atoms with van der Waals surface area (Å²) >= 11 is 0. The molecular formula is C11H25N3O. The molecule has 1 amide bonds. The van der Waals surface area contributed by atoms with Crippen LogP contribution >= 0.6 is 0 Å². The highest BCUT2D eigenvalue weighted by molar-refractivity contribution is 5.78. The minimum absolute atomic E-state index is 0.159. The molecule has 0 bridgehead atoms. The summed E-state index contributed by atoms with van der Waals surface area (Å²) in [7, 11) is 1.84. The lowest BCUT2D eigenvalue weighted by Gasteiger charge is -2.29. The quantitative estimate of drug-likeness (QED) is 0.703. The SMILES string of the molecule is CC(C)N(CCN)CC(=O)N(C)C(C)C. The molecule has 4 heteroatoms. The zero-order chi connectivity index (χ0) is 12.0. The molecule has 0 aliphatic heterocycles. The largest absolute Gasteiger partial charge is 0.342 e. The first kappa shape index (κ1) is 14.4. The van der Waals surface area contributed by atoms with Crippen molar-refractivity contribution in [3.8, 4) is 0 Å². The summed E-state index contributed by atoms with van der Waals surface area (Å²) in [5, 5.41) is 0. The molecule has 0 aliphatic carbocycles. The number of nitrogens with two attached hydrogens (primary N) is 1. The van der Waals surface area contributed by atoms with Crippen LogP contribution in [0.25, 0.3) is 0 Å². The molecule has 0 aromatic rings. The number of carbonyl (C=O) groups excluding carboxylic acids is 1. The van der Waals surface area contributed by atoms with Gasteiger partial charge < -0.3 is 10.6 Å². The van der Waals surface area contributed by atoms with Crippen molar-refractivity contribution < 1.29 is 4.79 Å². The van der Waals surface area contributed by atoms with E-state index in [9.17, 15) is 4.79 Å². The van der Waals surface area contributed by atoms with Crippen molar-refractivity contribution in [1.29, 1.82) is 0 Å². The second kappa shape index (κ2) is 6.80. The zero-order valence-corrected chi connectivity index (χ0v) is 10.7. The first-order valence-corrected chi connectivity index (χ1v) is 5.60. The van der Waals surface area contributed by atoms with E-state index in [4.69, 9.17) is 5.73 Å². The van der Waals surface area contributed by atoms with Crippen molar-refractivity contribution in [2.24, 2.45) is 5.73 Å². The fraction of sp³-hybridized carbons (Fsp3) is 0.909. The first-order valence-electron chi connectivity index (χ1n) is 5.60. The van der Waals surface area contributed by atoms with Gasteiger partial charge in [0, 0.05) is 32.2 Å². The monoisotopic (exact) mass is 215 g/mol. The van der Waals surface area contributed by atoms with Gasteiger partial charge >= 0.3 is 0 Å². The predicted octanol–water partition coefficient (Wildman–Crippen LogP) is 0.522. The van der Waals surface area contributed by atoms with Crippen LogP contribution in [0.2, 0.25) is 0 Å². The van der Waals surface area contributed by atoms with Gasteiger partial charge in [0.05, 0.1) is 6.54 Å². The number of hydrogen-bond donors (Lipinski definition) is 1. The Labute approximate surface area is 93.4 Å². The third-order valence-electron chi connectivity index (χ3n) is 2.65. The molecule has 0 aliphatic rings. The summed E-state index contributed by atoms with van der Waals surface area (Å²) in [6, 6.07) is 0.613. The Balaban J connectivity index is 4.22. The Hall–Kier alpha value is -0.610. The van der Waals surface area contributed by atoms with Crippen molar-refractivity contribution in [3.05, 3.63) is 0 Å². The maximum absolute atomic E-state index is 11.8. The van der Waals surface area contributed by atoms with Gasteiger partial charge in [0.2, 0.25) is 5.91 Å². The fourth-order valence-electron chi connectivity index (χ4n) is 1.26. The van der Waals surface area contributed by atoms with E-state index < -0.39 is 0 Å². The smallest absolute Gasteiger partial charge is 0.236 e. The van der Waals surface area contributed by atoms with Gasteiger partial charge in [-0.1, -0.05) is 0 Å². The predicted molar refractivity (Wildman–Crippen MR) is 63.7 cm³/mol. The highest BCUT2D eigenvalue weighted by Gasteiger charge is 2.17. The zero-order valence-electron chi connectivity index (χ0n) is 10.7. The molecule has 0 saturated heterocycles. The summed E-state index contributed by atoms with van der Waals surface area (Å²) in [4.78, 5) is 15.7. The van der Waals surface area contributed by atoms with E-state index in [-0.39, 0.29) is 11.9 Å². The van der Waals surface area contributed by atoms with Gasteiger partial charge in [-0.05, 0) is 27.7 Å². The number of rotatable bonds is 6. The minimum Gasteiger partial charge on any atom is -0.342 e. The fourth-order valence-corrected chi connectivity index (χ4v) is 1.26. The third-order valence-corrected chi connectivity index (χ3v) is 2.65. The summed E-state index contributed by atoms with van der Waals surface area (Å²) in [5.41, 5.74) is 5.51. The van der Waals surface area contributed by atoms with Crippen LogP contribution < -0.4 is 5.73 Å². The molecule has 0 aromatic carbocycles. The lowest BCUT2D eigenvalue weighted by Crippen LogP contribution is -2.45. The summed E-state index contributed by atoms with van der Waals surface area (Å²) < 4.78 is 0. The molecular weight excluding hydrogens is 190 g/mol. The number of hydrogen-bond acceptors (Lipinski definition) is 3. The molecule has 0 aromatic heterocycles. The van der Waals surface area contributed by atoms with E-state index in [1.54, 1.807) is 4.90 Å². The molecule has 15 heavy (non-hydrogen) atoms. The number of nitrogens with zero attached hydrogens (tertiary/aromatic N) is 2. The van der Waals surface area contributed by atoms with Crippen LogP contribution in [0.3, 0.4) is 0 Å². The van der Waals surface area contributed by atoms with Gasteiger partial charge in [-0.2, -0.15) is 0 Å². The highest BCUT2D eigenvalue weighted by Crippen LogP contribution is 2.01. The summed E-state index contributed by atoms with van der Waals surface area (Å²) in [6.45, 7) is 10.0. The van der Waals surface area contributed by atoms with E-state index in [1.165, 1.54) is 0 Å². The lowest BCUT2D eigenvalue weighted by atomic mass is 10.3. The van der Waals surface area contributed by atoms with Gasteiger partial charge in [-0.15, -0.1) is 0 Å². The van der Waals surface area contributed by atoms with Crippen molar-refractivity contribution in [2.45, 2.75) is 39.8 Å². The van der Waals surface area contributed by atoms with Crippen molar-refractivity contribution in [2.75, 3.05) is 26.7 Å². The Morgan fingerprint density at radius 1 is 1.20 bits per heavy atom. The van der Waals surface area contributed by atoms with Gasteiger partial charge in [0.25, 0.3) is 0 Å². The molecule has 0 unspecified atom stereocenters. The van der Waals surface area contributed by atoms with E-state index in [2.05, 4.69) is 18.7 Å². The second-order valence-electron chi connectivity index (χ2n) is 4.45. The van der Waals surface area contributed by atoms with Gasteiger partial charge in [-0.25, -0.2) is 0 Å². The Kier molecular flexibility index (Phi) is 6.52. The highest BCUT2D eigenvalue weighted by atomic mass is 16.2. The van der Waals surface area contributed by atoms with Gasteiger partial charge in [0.15, 0.2) is 0 Å². The normalized spacial score (nSPS) is 11.5.